The van der Waals surface area contributed by atoms with Crippen molar-refractivity contribution in [2.75, 3.05) is 12.3 Å². The number of hydrogen-bond acceptors (Lipinski definition) is 3. The Balaban J connectivity index is 2.73. The average Bonchev–Trinajstić information content (AvgIpc) is 2.15. The fourth-order valence-electron chi connectivity index (χ4n) is 1.19. The van der Waals surface area contributed by atoms with Gasteiger partial charge in [0.15, 0.2) is 0 Å². The second-order valence-electron chi connectivity index (χ2n) is 2.81. The number of hydrogen-bond donors (Lipinski definition) is 1. The summed E-state index contributed by atoms with van der Waals surface area (Å²) >= 11 is -2.03. The van der Waals surface area contributed by atoms with E-state index >= 15 is 0 Å². The molecule has 2 atom stereocenters. The van der Waals surface area contributed by atoms with Gasteiger partial charge in [0.1, 0.15) is 0 Å². The minimum absolute atomic E-state index is 0.0838. The van der Waals surface area contributed by atoms with Crippen molar-refractivity contribution in [3.63, 3.8) is 0 Å². The molecule has 13 heavy (non-hydrogen) atoms. The zero-order chi connectivity index (χ0) is 9.68. The van der Waals surface area contributed by atoms with E-state index in [1.165, 1.54) is 0 Å². The van der Waals surface area contributed by atoms with Gasteiger partial charge in [-0.2, -0.15) is 0 Å². The Morgan fingerprint density at radius 2 is 2.00 bits per heavy atom. The van der Waals surface area contributed by atoms with Gasteiger partial charge >= 0.3 is 0 Å². The first-order chi connectivity index (χ1) is 6.24. The van der Waals surface area contributed by atoms with Crippen molar-refractivity contribution in [1.29, 1.82) is 0 Å². The Hall–Kier alpha value is -0.710. The van der Waals surface area contributed by atoms with Crippen LogP contribution in [-0.4, -0.2) is 21.1 Å². The molecule has 1 aromatic carbocycles. The van der Waals surface area contributed by atoms with Crippen LogP contribution in [0.15, 0.2) is 30.3 Å². The summed E-state index contributed by atoms with van der Waals surface area (Å²) in [5.74, 6) is 0.0140. The van der Waals surface area contributed by atoms with Gasteiger partial charge in [-0.1, -0.05) is 41.4 Å². The molecule has 1 rings (SSSR count). The second-order valence-corrected chi connectivity index (χ2v) is 3.75. The third-order valence-electron chi connectivity index (χ3n) is 1.89. The topological polar surface area (TPSA) is 66.2 Å². The fourth-order valence-corrected chi connectivity index (χ4v) is 1.85. The van der Waals surface area contributed by atoms with Crippen LogP contribution in [-0.2, 0) is 11.1 Å². The molecule has 0 saturated carbocycles. The second kappa shape index (κ2) is 5.11. The maximum Gasteiger partial charge on any atom is 0.0183 e. The summed E-state index contributed by atoms with van der Waals surface area (Å²) in [6.45, 7) is 0.359. The molecule has 0 aromatic heterocycles. The summed E-state index contributed by atoms with van der Waals surface area (Å²) in [5, 5.41) is 0. The molecule has 72 valence electrons. The van der Waals surface area contributed by atoms with Crippen LogP contribution in [0, 0.1) is 0 Å². The molecule has 0 saturated heterocycles. The molecular weight excluding hydrogens is 186 g/mol. The Labute approximate surface area is 80.2 Å². The van der Waals surface area contributed by atoms with E-state index < -0.39 is 11.1 Å². The highest BCUT2D eigenvalue weighted by molar-refractivity contribution is 7.79. The van der Waals surface area contributed by atoms with Gasteiger partial charge in [0.2, 0.25) is 0 Å². The minimum atomic E-state index is -2.03. The highest BCUT2D eigenvalue weighted by Gasteiger charge is 2.08. The zero-order valence-electron chi connectivity index (χ0n) is 7.18. The van der Waals surface area contributed by atoms with Crippen molar-refractivity contribution >= 4 is 11.1 Å². The van der Waals surface area contributed by atoms with Gasteiger partial charge in [0.25, 0.3) is 0 Å². The minimum Gasteiger partial charge on any atom is -0.772 e. The van der Waals surface area contributed by atoms with Gasteiger partial charge in [-0.25, -0.2) is 0 Å². The fraction of sp³-hybridized carbons (Fsp3) is 0.333. The van der Waals surface area contributed by atoms with Gasteiger partial charge in [0.05, 0.1) is 0 Å². The predicted octanol–water partition coefficient (Wildman–Crippen LogP) is 0.608. The van der Waals surface area contributed by atoms with E-state index in [-0.39, 0.29) is 11.7 Å². The number of rotatable bonds is 4. The average molecular weight is 198 g/mol. The molecule has 2 N–H and O–H groups in total. The van der Waals surface area contributed by atoms with E-state index in [1.807, 2.05) is 30.3 Å². The van der Waals surface area contributed by atoms with Crippen molar-refractivity contribution in [3.05, 3.63) is 35.9 Å². The first kappa shape index (κ1) is 10.4. The normalized spacial score (nSPS) is 15.2. The van der Waals surface area contributed by atoms with Crippen molar-refractivity contribution in [2.45, 2.75) is 5.92 Å². The van der Waals surface area contributed by atoms with E-state index in [1.54, 1.807) is 0 Å². The monoisotopic (exact) mass is 198 g/mol. The summed E-state index contributed by atoms with van der Waals surface area (Å²) in [6, 6.07) is 9.44. The molecule has 0 aliphatic carbocycles. The number of nitrogens with two attached hydrogens (primary N) is 1. The van der Waals surface area contributed by atoms with Crippen molar-refractivity contribution in [1.82, 2.24) is 0 Å². The van der Waals surface area contributed by atoms with E-state index in [4.69, 9.17) is 5.73 Å². The first-order valence-electron chi connectivity index (χ1n) is 4.05. The van der Waals surface area contributed by atoms with E-state index in [0.717, 1.165) is 5.56 Å². The summed E-state index contributed by atoms with van der Waals surface area (Å²) in [4.78, 5) is 0. The van der Waals surface area contributed by atoms with E-state index in [9.17, 15) is 8.76 Å². The lowest BCUT2D eigenvalue weighted by Gasteiger charge is -2.16. The number of benzene rings is 1. The van der Waals surface area contributed by atoms with Crippen molar-refractivity contribution < 1.29 is 8.76 Å². The standard InChI is InChI=1S/C9H13NO2S/c10-6-9(7-13(11)12)8-4-2-1-3-5-8/h1-5,9H,6-7,10H2,(H,11,12)/p-1. The smallest absolute Gasteiger partial charge is 0.0183 e. The lowest BCUT2D eigenvalue weighted by Crippen LogP contribution is -2.18. The largest absolute Gasteiger partial charge is 0.772 e. The maximum absolute atomic E-state index is 10.5. The molecule has 0 radical (unpaired) electrons. The molecule has 0 aliphatic rings. The summed E-state index contributed by atoms with van der Waals surface area (Å²) in [6.07, 6.45) is 0. The van der Waals surface area contributed by atoms with Gasteiger partial charge in [-0.05, 0) is 5.56 Å². The van der Waals surface area contributed by atoms with E-state index in [0.29, 0.717) is 6.54 Å². The third kappa shape index (κ3) is 3.26. The van der Waals surface area contributed by atoms with Crippen molar-refractivity contribution in [2.24, 2.45) is 5.73 Å². The highest BCUT2D eigenvalue weighted by atomic mass is 32.2. The van der Waals surface area contributed by atoms with Crippen LogP contribution in [0.25, 0.3) is 0 Å². The van der Waals surface area contributed by atoms with E-state index in [2.05, 4.69) is 0 Å². The highest BCUT2D eigenvalue weighted by Crippen LogP contribution is 2.14. The lowest BCUT2D eigenvalue weighted by atomic mass is 10.0. The quantitative estimate of drug-likeness (QED) is 0.721. The molecule has 0 heterocycles. The summed E-state index contributed by atoms with van der Waals surface area (Å²) in [5.41, 5.74) is 6.46. The summed E-state index contributed by atoms with van der Waals surface area (Å²) in [7, 11) is 0. The molecule has 0 bridgehead atoms. The molecule has 1 aromatic rings. The van der Waals surface area contributed by atoms with Crippen LogP contribution in [0.4, 0.5) is 0 Å². The summed E-state index contributed by atoms with van der Waals surface area (Å²) < 4.78 is 21.0. The van der Waals surface area contributed by atoms with Gasteiger partial charge in [0, 0.05) is 18.2 Å². The van der Waals surface area contributed by atoms with Crippen LogP contribution in [0.1, 0.15) is 11.5 Å². The molecule has 3 nitrogen and oxygen atoms in total. The maximum atomic E-state index is 10.5. The van der Waals surface area contributed by atoms with Gasteiger partial charge in [-0.15, -0.1) is 0 Å². The lowest BCUT2D eigenvalue weighted by molar-refractivity contribution is 0.530. The van der Waals surface area contributed by atoms with Crippen molar-refractivity contribution in [3.8, 4) is 0 Å². The van der Waals surface area contributed by atoms with Crippen LogP contribution in [0.3, 0.4) is 0 Å². The SMILES string of the molecule is NCC(CS(=O)[O-])c1ccccc1. The van der Waals surface area contributed by atoms with Crippen LogP contribution < -0.4 is 5.73 Å². The molecular formula is C9H12NO2S-. The molecule has 0 aliphatic heterocycles. The first-order valence-corrected chi connectivity index (χ1v) is 5.29. The molecule has 0 spiro atoms. The van der Waals surface area contributed by atoms with Crippen LogP contribution >= 0.6 is 0 Å². The van der Waals surface area contributed by atoms with Gasteiger partial charge < -0.3 is 10.3 Å². The third-order valence-corrected chi connectivity index (χ3v) is 2.57. The van der Waals surface area contributed by atoms with Crippen LogP contribution in [0.2, 0.25) is 0 Å². The Morgan fingerprint density at radius 3 is 2.46 bits per heavy atom. The molecule has 0 amide bonds. The molecule has 0 fully saturated rings. The Kier molecular flexibility index (Phi) is 4.08. The molecule has 2 unspecified atom stereocenters. The predicted molar refractivity (Wildman–Crippen MR) is 52.0 cm³/mol. The molecule has 4 heteroatoms. The Bertz CT molecular complexity index is 276. The Morgan fingerprint density at radius 1 is 1.38 bits per heavy atom. The van der Waals surface area contributed by atoms with Crippen LogP contribution in [0.5, 0.6) is 0 Å². The van der Waals surface area contributed by atoms with Gasteiger partial charge in [-0.3, -0.25) is 4.21 Å². The zero-order valence-corrected chi connectivity index (χ0v) is 8.00.